The van der Waals surface area contributed by atoms with Crippen LogP contribution in [0.2, 0.25) is 0 Å². The Kier molecular flexibility index (Phi) is 5.00. The minimum atomic E-state index is 0.688. The highest BCUT2D eigenvalue weighted by Gasteiger charge is 2.17. The van der Waals surface area contributed by atoms with E-state index < -0.39 is 0 Å². The molecule has 0 bridgehead atoms. The van der Waals surface area contributed by atoms with Crippen LogP contribution < -0.4 is 5.32 Å². The smallest absolute Gasteiger partial charge is 0.103 e. The first-order chi connectivity index (χ1) is 9.60. The fraction of sp³-hybridized carbons (Fsp3) is 0.647. The van der Waals surface area contributed by atoms with Crippen LogP contribution in [-0.4, -0.2) is 11.5 Å². The first kappa shape index (κ1) is 14.8. The third-order valence-electron chi connectivity index (χ3n) is 4.44. The molecule has 20 heavy (non-hydrogen) atoms. The van der Waals surface area contributed by atoms with Crippen LogP contribution in [0, 0.1) is 37.0 Å². The first-order valence-corrected chi connectivity index (χ1v) is 7.72. The summed E-state index contributed by atoms with van der Waals surface area (Å²) in [6.07, 6.45) is 6.69. The van der Waals surface area contributed by atoms with Crippen LogP contribution in [0.5, 0.6) is 0 Å². The number of nitriles is 1. The zero-order valence-corrected chi connectivity index (χ0v) is 12.9. The van der Waals surface area contributed by atoms with E-state index in [2.05, 4.69) is 23.3 Å². The van der Waals surface area contributed by atoms with Crippen molar-refractivity contribution < 1.29 is 0 Å². The molecular formula is C17H25N3. The van der Waals surface area contributed by atoms with Gasteiger partial charge in [-0.2, -0.15) is 5.26 Å². The summed E-state index contributed by atoms with van der Waals surface area (Å²) in [6, 6.07) is 4.24. The Balaban J connectivity index is 1.90. The molecule has 1 saturated carbocycles. The standard InChI is InChI=1S/C17H25N3/c1-12-4-6-15(7-5-12)8-9-19-17-10-13(2)20-14(3)16(17)11-18/h10,12,15H,4-9H2,1-3H3,(H,19,20). The molecule has 1 fully saturated rings. The second kappa shape index (κ2) is 6.74. The highest BCUT2D eigenvalue weighted by Crippen LogP contribution is 2.30. The average Bonchev–Trinajstić information content (AvgIpc) is 2.40. The fourth-order valence-electron chi connectivity index (χ4n) is 3.14. The van der Waals surface area contributed by atoms with Crippen LogP contribution >= 0.6 is 0 Å². The number of hydrogen-bond acceptors (Lipinski definition) is 3. The largest absolute Gasteiger partial charge is 0.384 e. The van der Waals surface area contributed by atoms with Gasteiger partial charge in [0.15, 0.2) is 0 Å². The zero-order valence-electron chi connectivity index (χ0n) is 12.9. The Morgan fingerprint density at radius 3 is 2.65 bits per heavy atom. The molecule has 3 nitrogen and oxygen atoms in total. The van der Waals surface area contributed by atoms with Crippen LogP contribution in [-0.2, 0) is 0 Å². The normalized spacial score (nSPS) is 22.3. The topological polar surface area (TPSA) is 48.7 Å². The Hall–Kier alpha value is -1.56. The highest BCUT2D eigenvalue weighted by atomic mass is 14.9. The maximum absolute atomic E-state index is 9.24. The van der Waals surface area contributed by atoms with Crippen LogP contribution in [0.15, 0.2) is 6.07 Å². The molecule has 1 N–H and O–H groups in total. The van der Waals surface area contributed by atoms with E-state index in [4.69, 9.17) is 0 Å². The minimum absolute atomic E-state index is 0.688. The number of anilines is 1. The molecular weight excluding hydrogens is 246 g/mol. The second-order valence-corrected chi connectivity index (χ2v) is 6.22. The van der Waals surface area contributed by atoms with Crippen LogP contribution in [0.25, 0.3) is 0 Å². The van der Waals surface area contributed by atoms with E-state index in [9.17, 15) is 5.26 Å². The molecule has 3 heteroatoms. The predicted octanol–water partition coefficient (Wildman–Crippen LogP) is 4.20. The molecule has 0 unspecified atom stereocenters. The monoisotopic (exact) mass is 271 g/mol. The van der Waals surface area contributed by atoms with Gasteiger partial charge in [0.2, 0.25) is 0 Å². The molecule has 1 aliphatic rings. The van der Waals surface area contributed by atoms with Crippen molar-refractivity contribution in [3.63, 3.8) is 0 Å². The van der Waals surface area contributed by atoms with E-state index in [1.165, 1.54) is 32.1 Å². The zero-order chi connectivity index (χ0) is 14.5. The van der Waals surface area contributed by atoms with Gasteiger partial charge in [0, 0.05) is 12.2 Å². The van der Waals surface area contributed by atoms with E-state index >= 15 is 0 Å². The minimum Gasteiger partial charge on any atom is -0.384 e. The van der Waals surface area contributed by atoms with Gasteiger partial charge in [0.25, 0.3) is 0 Å². The summed E-state index contributed by atoms with van der Waals surface area (Å²) in [5.41, 5.74) is 3.42. The lowest BCUT2D eigenvalue weighted by atomic mass is 9.81. The Morgan fingerprint density at radius 2 is 2.00 bits per heavy atom. The van der Waals surface area contributed by atoms with Crippen molar-refractivity contribution in [1.82, 2.24) is 4.98 Å². The van der Waals surface area contributed by atoms with Crippen molar-refractivity contribution >= 4 is 5.69 Å². The molecule has 1 aliphatic carbocycles. The molecule has 1 aromatic heterocycles. The Morgan fingerprint density at radius 1 is 1.30 bits per heavy atom. The van der Waals surface area contributed by atoms with Gasteiger partial charge in [-0.05, 0) is 38.2 Å². The molecule has 1 heterocycles. The summed E-state index contributed by atoms with van der Waals surface area (Å²) in [6.45, 7) is 7.19. The molecule has 0 aliphatic heterocycles. The summed E-state index contributed by atoms with van der Waals surface area (Å²) in [5.74, 6) is 1.77. The van der Waals surface area contributed by atoms with Gasteiger partial charge in [0.1, 0.15) is 6.07 Å². The lowest BCUT2D eigenvalue weighted by Crippen LogP contribution is -2.16. The van der Waals surface area contributed by atoms with E-state index in [-0.39, 0.29) is 0 Å². The first-order valence-electron chi connectivity index (χ1n) is 7.72. The third-order valence-corrected chi connectivity index (χ3v) is 4.44. The predicted molar refractivity (Wildman–Crippen MR) is 82.7 cm³/mol. The summed E-state index contributed by atoms with van der Waals surface area (Å²) in [5, 5.41) is 12.7. The number of pyridine rings is 1. The molecule has 0 aromatic carbocycles. The van der Waals surface area contributed by atoms with Crippen molar-refractivity contribution in [1.29, 1.82) is 5.26 Å². The third kappa shape index (κ3) is 3.72. The van der Waals surface area contributed by atoms with Crippen molar-refractivity contribution in [2.75, 3.05) is 11.9 Å². The number of nitrogens with zero attached hydrogens (tertiary/aromatic N) is 2. The molecule has 1 aromatic rings. The number of hydrogen-bond donors (Lipinski definition) is 1. The molecule has 0 spiro atoms. The van der Waals surface area contributed by atoms with Crippen molar-refractivity contribution in [3.05, 3.63) is 23.0 Å². The van der Waals surface area contributed by atoms with Crippen LogP contribution in [0.4, 0.5) is 5.69 Å². The van der Waals surface area contributed by atoms with Gasteiger partial charge in [-0.15, -0.1) is 0 Å². The molecule has 0 saturated heterocycles. The van der Waals surface area contributed by atoms with Crippen LogP contribution in [0.3, 0.4) is 0 Å². The van der Waals surface area contributed by atoms with Crippen LogP contribution in [0.1, 0.15) is 56.0 Å². The summed E-state index contributed by atoms with van der Waals surface area (Å²) >= 11 is 0. The average molecular weight is 271 g/mol. The van der Waals surface area contributed by atoms with Gasteiger partial charge in [-0.3, -0.25) is 4.98 Å². The number of aromatic nitrogens is 1. The van der Waals surface area contributed by atoms with E-state index in [0.29, 0.717) is 5.56 Å². The molecule has 108 valence electrons. The van der Waals surface area contributed by atoms with Gasteiger partial charge in [-0.25, -0.2) is 0 Å². The molecule has 2 rings (SSSR count). The fourth-order valence-corrected chi connectivity index (χ4v) is 3.14. The van der Waals surface area contributed by atoms with Gasteiger partial charge in [0.05, 0.1) is 16.9 Å². The lowest BCUT2D eigenvalue weighted by molar-refractivity contribution is 0.282. The van der Waals surface area contributed by atoms with E-state index in [1.54, 1.807) is 0 Å². The highest BCUT2D eigenvalue weighted by molar-refractivity contribution is 5.59. The molecule has 0 atom stereocenters. The summed E-state index contributed by atoms with van der Waals surface area (Å²) in [7, 11) is 0. The Bertz CT molecular complexity index is 494. The SMILES string of the molecule is Cc1cc(NCCC2CCC(C)CC2)c(C#N)c(C)n1. The molecule has 0 radical (unpaired) electrons. The van der Waals surface area contributed by atoms with Gasteiger partial charge in [-0.1, -0.05) is 32.6 Å². The lowest BCUT2D eigenvalue weighted by Gasteiger charge is -2.26. The second-order valence-electron chi connectivity index (χ2n) is 6.22. The maximum atomic E-state index is 9.24. The van der Waals surface area contributed by atoms with E-state index in [1.807, 2.05) is 19.9 Å². The van der Waals surface area contributed by atoms with Crippen molar-refractivity contribution in [3.8, 4) is 6.07 Å². The van der Waals surface area contributed by atoms with Crippen molar-refractivity contribution in [2.24, 2.45) is 11.8 Å². The molecule has 0 amide bonds. The summed E-state index contributed by atoms with van der Waals surface area (Å²) in [4.78, 5) is 4.35. The number of nitrogens with one attached hydrogen (secondary N) is 1. The Labute approximate surface area is 122 Å². The van der Waals surface area contributed by atoms with E-state index in [0.717, 1.165) is 35.5 Å². The number of rotatable bonds is 4. The maximum Gasteiger partial charge on any atom is 0.103 e. The number of aryl methyl sites for hydroxylation is 2. The van der Waals surface area contributed by atoms with Crippen molar-refractivity contribution in [2.45, 2.75) is 52.9 Å². The van der Waals surface area contributed by atoms with Gasteiger partial charge < -0.3 is 5.32 Å². The summed E-state index contributed by atoms with van der Waals surface area (Å²) < 4.78 is 0. The quantitative estimate of drug-likeness (QED) is 0.893. The van der Waals surface area contributed by atoms with Gasteiger partial charge >= 0.3 is 0 Å².